The van der Waals surface area contributed by atoms with E-state index in [4.69, 9.17) is 4.74 Å². The largest absolute Gasteiger partial charge is 0.375 e. The van der Waals surface area contributed by atoms with Gasteiger partial charge in [-0.3, -0.25) is 4.98 Å². The van der Waals surface area contributed by atoms with E-state index < -0.39 is 0 Å². The molecule has 2 rings (SSSR count). The zero-order chi connectivity index (χ0) is 10.5. The van der Waals surface area contributed by atoms with Gasteiger partial charge in [-0.05, 0) is 30.9 Å². The van der Waals surface area contributed by atoms with Gasteiger partial charge >= 0.3 is 0 Å². The van der Waals surface area contributed by atoms with Crippen molar-refractivity contribution in [2.75, 3.05) is 0 Å². The summed E-state index contributed by atoms with van der Waals surface area (Å²) in [6, 6.07) is 4.12. The molecule has 0 bridgehead atoms. The normalized spacial score (nSPS) is 25.7. The van der Waals surface area contributed by atoms with Crippen molar-refractivity contribution in [2.45, 2.75) is 51.2 Å². The molecular weight excluding hydrogens is 186 g/mol. The average molecular weight is 205 g/mol. The fourth-order valence-corrected chi connectivity index (χ4v) is 2.25. The van der Waals surface area contributed by atoms with Crippen molar-refractivity contribution >= 4 is 0 Å². The minimum Gasteiger partial charge on any atom is -0.375 e. The summed E-state index contributed by atoms with van der Waals surface area (Å²) in [5.41, 5.74) is 1.29. The Morgan fingerprint density at radius 1 is 1.40 bits per heavy atom. The summed E-state index contributed by atoms with van der Waals surface area (Å²) in [5.74, 6) is 0. The molecule has 0 N–H and O–H groups in total. The van der Waals surface area contributed by atoms with Gasteiger partial charge in [0, 0.05) is 18.8 Å². The van der Waals surface area contributed by atoms with Crippen LogP contribution in [-0.4, -0.2) is 17.2 Å². The first kappa shape index (κ1) is 10.6. The minimum atomic E-state index is 0.422. The van der Waals surface area contributed by atoms with E-state index in [-0.39, 0.29) is 0 Å². The van der Waals surface area contributed by atoms with Crippen molar-refractivity contribution in [3.05, 3.63) is 30.1 Å². The van der Waals surface area contributed by atoms with Crippen LogP contribution in [0.3, 0.4) is 0 Å². The van der Waals surface area contributed by atoms with E-state index in [1.807, 2.05) is 18.5 Å². The van der Waals surface area contributed by atoms with Crippen molar-refractivity contribution in [3.8, 4) is 0 Å². The van der Waals surface area contributed by atoms with Gasteiger partial charge in [-0.15, -0.1) is 0 Å². The van der Waals surface area contributed by atoms with Crippen LogP contribution in [0, 0.1) is 0 Å². The third-order valence-corrected chi connectivity index (χ3v) is 2.99. The van der Waals surface area contributed by atoms with Crippen LogP contribution >= 0.6 is 0 Å². The number of ether oxygens (including phenoxy) is 1. The highest BCUT2D eigenvalue weighted by molar-refractivity contribution is 5.09. The molecular formula is C13H19NO. The molecule has 0 aliphatic carbocycles. The topological polar surface area (TPSA) is 22.1 Å². The maximum Gasteiger partial charge on any atom is 0.0620 e. The van der Waals surface area contributed by atoms with Gasteiger partial charge in [-0.25, -0.2) is 0 Å². The van der Waals surface area contributed by atoms with E-state index in [9.17, 15) is 0 Å². The predicted octanol–water partition coefficient (Wildman–Crippen LogP) is 2.97. The Morgan fingerprint density at radius 3 is 3.00 bits per heavy atom. The highest BCUT2D eigenvalue weighted by atomic mass is 16.5. The van der Waals surface area contributed by atoms with Crippen LogP contribution in [0.5, 0.6) is 0 Å². The van der Waals surface area contributed by atoms with Crippen molar-refractivity contribution in [3.63, 3.8) is 0 Å². The molecule has 2 heterocycles. The second-order valence-corrected chi connectivity index (χ2v) is 4.31. The molecule has 82 valence electrons. The summed E-state index contributed by atoms with van der Waals surface area (Å²) < 4.78 is 5.98. The van der Waals surface area contributed by atoms with Gasteiger partial charge in [0.05, 0.1) is 12.2 Å². The van der Waals surface area contributed by atoms with Gasteiger partial charge < -0.3 is 4.74 Å². The van der Waals surface area contributed by atoms with Crippen molar-refractivity contribution in [1.29, 1.82) is 0 Å². The molecule has 0 saturated carbocycles. The Bertz CT molecular complexity index is 286. The molecule has 1 saturated heterocycles. The van der Waals surface area contributed by atoms with Gasteiger partial charge in [0.15, 0.2) is 0 Å². The maximum atomic E-state index is 5.98. The Hall–Kier alpha value is -0.890. The molecule has 2 nitrogen and oxygen atoms in total. The summed E-state index contributed by atoms with van der Waals surface area (Å²) in [5, 5.41) is 0. The van der Waals surface area contributed by atoms with Gasteiger partial charge in [-0.2, -0.15) is 0 Å². The van der Waals surface area contributed by atoms with Gasteiger partial charge in [-0.1, -0.05) is 19.4 Å². The highest BCUT2D eigenvalue weighted by Gasteiger charge is 2.24. The summed E-state index contributed by atoms with van der Waals surface area (Å²) in [7, 11) is 0. The van der Waals surface area contributed by atoms with Crippen LogP contribution in [0.25, 0.3) is 0 Å². The summed E-state index contributed by atoms with van der Waals surface area (Å²) >= 11 is 0. The smallest absolute Gasteiger partial charge is 0.0620 e. The van der Waals surface area contributed by atoms with Crippen molar-refractivity contribution in [1.82, 2.24) is 4.98 Å². The average Bonchev–Trinajstić information content (AvgIpc) is 2.68. The molecule has 1 aromatic heterocycles. The SMILES string of the molecule is CCC[C@H]1CC[C@H](Cc2cccnc2)O1. The minimum absolute atomic E-state index is 0.422. The third-order valence-electron chi connectivity index (χ3n) is 2.99. The van der Waals surface area contributed by atoms with E-state index in [0.717, 1.165) is 6.42 Å². The number of hydrogen-bond acceptors (Lipinski definition) is 2. The summed E-state index contributed by atoms with van der Waals surface area (Å²) in [6.45, 7) is 2.22. The number of nitrogens with zero attached hydrogens (tertiary/aromatic N) is 1. The molecule has 0 aromatic carbocycles. The van der Waals surface area contributed by atoms with Crippen LogP contribution in [-0.2, 0) is 11.2 Å². The van der Waals surface area contributed by atoms with E-state index >= 15 is 0 Å². The predicted molar refractivity (Wildman–Crippen MR) is 60.7 cm³/mol. The Labute approximate surface area is 91.7 Å². The molecule has 0 unspecified atom stereocenters. The molecule has 1 aliphatic rings. The number of rotatable bonds is 4. The first-order valence-corrected chi connectivity index (χ1v) is 5.93. The zero-order valence-electron chi connectivity index (χ0n) is 9.36. The monoisotopic (exact) mass is 205 g/mol. The van der Waals surface area contributed by atoms with Crippen molar-refractivity contribution < 1.29 is 4.74 Å². The quantitative estimate of drug-likeness (QED) is 0.754. The number of aromatic nitrogens is 1. The second kappa shape index (κ2) is 5.26. The Kier molecular flexibility index (Phi) is 3.73. The lowest BCUT2D eigenvalue weighted by atomic mass is 10.1. The van der Waals surface area contributed by atoms with Crippen LogP contribution in [0.1, 0.15) is 38.2 Å². The van der Waals surface area contributed by atoms with E-state index in [0.29, 0.717) is 12.2 Å². The second-order valence-electron chi connectivity index (χ2n) is 4.31. The van der Waals surface area contributed by atoms with Gasteiger partial charge in [0.25, 0.3) is 0 Å². The summed E-state index contributed by atoms with van der Waals surface area (Å²) in [4.78, 5) is 4.13. The van der Waals surface area contributed by atoms with Gasteiger partial charge in [0.1, 0.15) is 0 Å². The molecule has 0 amide bonds. The number of hydrogen-bond donors (Lipinski definition) is 0. The first-order valence-electron chi connectivity index (χ1n) is 5.93. The molecule has 1 aliphatic heterocycles. The standard InChI is InChI=1S/C13H19NO/c1-2-4-12-6-7-13(15-12)9-11-5-3-8-14-10-11/h3,5,8,10,12-13H,2,4,6-7,9H2,1H3/t12-,13+/m0/s1. The van der Waals surface area contributed by atoms with Crippen molar-refractivity contribution in [2.24, 2.45) is 0 Å². The molecule has 1 fully saturated rings. The molecule has 2 atom stereocenters. The van der Waals surface area contributed by atoms with Gasteiger partial charge in [0.2, 0.25) is 0 Å². The fraction of sp³-hybridized carbons (Fsp3) is 0.615. The maximum absolute atomic E-state index is 5.98. The number of pyridine rings is 1. The lowest BCUT2D eigenvalue weighted by Crippen LogP contribution is -2.13. The van der Waals surface area contributed by atoms with E-state index in [1.165, 1.54) is 31.2 Å². The molecule has 15 heavy (non-hydrogen) atoms. The lowest BCUT2D eigenvalue weighted by Gasteiger charge is -2.12. The lowest BCUT2D eigenvalue weighted by molar-refractivity contribution is 0.0407. The van der Waals surface area contributed by atoms with E-state index in [1.54, 1.807) is 0 Å². The zero-order valence-corrected chi connectivity index (χ0v) is 9.36. The molecule has 2 heteroatoms. The summed E-state index contributed by atoms with van der Waals surface area (Å²) in [6.07, 6.45) is 10.6. The Balaban J connectivity index is 1.82. The fourth-order valence-electron chi connectivity index (χ4n) is 2.25. The van der Waals surface area contributed by atoms with Crippen LogP contribution in [0.4, 0.5) is 0 Å². The molecule has 1 aromatic rings. The Morgan fingerprint density at radius 2 is 2.27 bits per heavy atom. The molecule has 0 radical (unpaired) electrons. The first-order chi connectivity index (χ1) is 7.38. The van der Waals surface area contributed by atoms with E-state index in [2.05, 4.69) is 18.0 Å². The van der Waals surface area contributed by atoms with Crippen LogP contribution in [0.15, 0.2) is 24.5 Å². The van der Waals surface area contributed by atoms with Crippen LogP contribution in [0.2, 0.25) is 0 Å². The third kappa shape index (κ3) is 3.03. The highest BCUT2D eigenvalue weighted by Crippen LogP contribution is 2.25. The van der Waals surface area contributed by atoms with Crippen LogP contribution < -0.4 is 0 Å². The molecule has 0 spiro atoms.